The highest BCUT2D eigenvalue weighted by atomic mass is 19.4. The van der Waals surface area contributed by atoms with Gasteiger partial charge in [-0.3, -0.25) is 19.3 Å². The number of benzene rings is 1. The van der Waals surface area contributed by atoms with Crippen molar-refractivity contribution < 1.29 is 45.9 Å². The molecular formula is C22H25F5N4O5. The van der Waals surface area contributed by atoms with Gasteiger partial charge in [-0.1, -0.05) is 12.1 Å². The van der Waals surface area contributed by atoms with Gasteiger partial charge in [-0.05, 0) is 37.8 Å². The van der Waals surface area contributed by atoms with Crippen molar-refractivity contribution in [3.63, 3.8) is 0 Å². The molecule has 1 aromatic carbocycles. The zero-order valence-corrected chi connectivity index (χ0v) is 19.4. The van der Waals surface area contributed by atoms with Gasteiger partial charge in [0.05, 0.1) is 31.1 Å². The molecular weight excluding hydrogens is 495 g/mol. The van der Waals surface area contributed by atoms with Crippen molar-refractivity contribution in [2.45, 2.75) is 37.9 Å². The molecule has 0 aromatic heterocycles. The molecule has 1 saturated carbocycles. The van der Waals surface area contributed by atoms with E-state index in [1.54, 1.807) is 24.3 Å². The average Bonchev–Trinajstić information content (AvgIpc) is 3.66. The summed E-state index contributed by atoms with van der Waals surface area (Å²) in [6.45, 7) is -1.24. The number of carbonyl (C=O) groups is 4. The van der Waals surface area contributed by atoms with Crippen molar-refractivity contribution in [3.8, 4) is 0 Å². The van der Waals surface area contributed by atoms with Crippen LogP contribution in [0, 0.1) is 11.8 Å². The summed E-state index contributed by atoms with van der Waals surface area (Å²) >= 11 is 0. The van der Waals surface area contributed by atoms with Crippen molar-refractivity contribution in [1.82, 2.24) is 10.6 Å². The van der Waals surface area contributed by atoms with Crippen molar-refractivity contribution in [2.75, 3.05) is 36.5 Å². The molecule has 2 N–H and O–H groups in total. The molecule has 1 fully saturated rings. The van der Waals surface area contributed by atoms with Crippen LogP contribution in [0.5, 0.6) is 0 Å². The van der Waals surface area contributed by atoms with Crippen molar-refractivity contribution >= 4 is 35.2 Å². The van der Waals surface area contributed by atoms with Crippen LogP contribution < -0.4 is 20.4 Å². The zero-order chi connectivity index (χ0) is 26.8. The first-order valence-electron chi connectivity index (χ1n) is 11.1. The van der Waals surface area contributed by atoms with Gasteiger partial charge in [-0.2, -0.15) is 22.0 Å². The Labute approximate surface area is 202 Å². The van der Waals surface area contributed by atoms with Crippen LogP contribution in [0.1, 0.15) is 19.8 Å². The molecule has 4 amide bonds. The quantitative estimate of drug-likeness (QED) is 0.424. The van der Waals surface area contributed by atoms with Gasteiger partial charge >= 0.3 is 18.2 Å². The molecule has 0 spiro atoms. The Bertz CT molecular complexity index is 1030. The maximum absolute atomic E-state index is 13.1. The number of hydrogen-bond donors (Lipinski definition) is 2. The zero-order valence-electron chi connectivity index (χ0n) is 19.4. The van der Waals surface area contributed by atoms with E-state index < -0.39 is 54.4 Å². The molecule has 1 heterocycles. The number of alkyl halides is 5. The van der Waals surface area contributed by atoms with Crippen LogP contribution in [-0.2, 0) is 19.1 Å². The van der Waals surface area contributed by atoms with Crippen LogP contribution in [-0.4, -0.2) is 68.7 Å². The van der Waals surface area contributed by atoms with Crippen LogP contribution in [0.3, 0.4) is 0 Å². The maximum atomic E-state index is 13.1. The first kappa shape index (κ1) is 27.1. The van der Waals surface area contributed by atoms with E-state index >= 15 is 0 Å². The molecule has 198 valence electrons. The number of ether oxygens (including phenoxy) is 1. The molecule has 2 atom stereocenters. The van der Waals surface area contributed by atoms with Gasteiger partial charge in [0.15, 0.2) is 0 Å². The lowest BCUT2D eigenvalue weighted by Crippen LogP contribution is -2.55. The van der Waals surface area contributed by atoms with Crippen LogP contribution in [0.25, 0.3) is 0 Å². The second-order valence-corrected chi connectivity index (χ2v) is 8.72. The molecule has 1 aromatic rings. The number of anilines is 2. The number of rotatable bonds is 7. The third-order valence-corrected chi connectivity index (χ3v) is 5.89. The van der Waals surface area contributed by atoms with Gasteiger partial charge in [-0.15, -0.1) is 0 Å². The van der Waals surface area contributed by atoms with Gasteiger partial charge in [-0.25, -0.2) is 4.79 Å². The molecule has 14 heteroatoms. The Morgan fingerprint density at radius 1 is 1.08 bits per heavy atom. The van der Waals surface area contributed by atoms with E-state index in [1.807, 2.05) is 0 Å². The standard InChI is InChI=1S/C22H25F5N4O5/c1-12(17(32)28-11-21(23,24)22(25,26)27)18(33)29-14-9-31(20(35)36-10-13-7-8-13)16-6-4-3-5-15(16)30(2)19(14)34/h3-6,12-14H,7-11H2,1-2H3,(H,28,32)(H,29,33). The van der Waals surface area contributed by atoms with Crippen molar-refractivity contribution in [1.29, 1.82) is 0 Å². The highest BCUT2D eigenvalue weighted by Crippen LogP contribution is 2.35. The van der Waals surface area contributed by atoms with E-state index in [-0.39, 0.29) is 19.1 Å². The molecule has 2 aliphatic rings. The second-order valence-electron chi connectivity index (χ2n) is 8.72. The smallest absolute Gasteiger partial charge is 0.449 e. The lowest BCUT2D eigenvalue weighted by atomic mass is 10.1. The maximum Gasteiger partial charge on any atom is 0.455 e. The number of carbonyl (C=O) groups excluding carboxylic acids is 4. The monoisotopic (exact) mass is 520 g/mol. The topological polar surface area (TPSA) is 108 Å². The Hall–Kier alpha value is -3.45. The SMILES string of the molecule is CC(C(=O)NCC(F)(F)C(F)(F)F)C(=O)NC1CN(C(=O)OCC2CC2)c2ccccc2N(C)C1=O. The fraction of sp³-hybridized carbons (Fsp3) is 0.545. The van der Waals surface area contributed by atoms with Gasteiger partial charge in [0.2, 0.25) is 11.8 Å². The van der Waals surface area contributed by atoms with Crippen molar-refractivity contribution in [2.24, 2.45) is 11.8 Å². The number of fused-ring (bicyclic) bond motifs is 1. The summed E-state index contributed by atoms with van der Waals surface area (Å²) in [5.41, 5.74) is 0.689. The minimum atomic E-state index is -5.88. The van der Waals surface area contributed by atoms with Gasteiger partial charge in [0, 0.05) is 7.05 Å². The van der Waals surface area contributed by atoms with Gasteiger partial charge < -0.3 is 20.3 Å². The Balaban J connectivity index is 1.72. The lowest BCUT2D eigenvalue weighted by Gasteiger charge is -2.25. The number of amides is 4. The van der Waals surface area contributed by atoms with Crippen LogP contribution >= 0.6 is 0 Å². The molecule has 0 radical (unpaired) electrons. The van der Waals surface area contributed by atoms with Crippen LogP contribution in [0.4, 0.5) is 38.1 Å². The number of likely N-dealkylation sites (N-methyl/N-ethyl adjacent to an activating group) is 1. The van der Waals surface area contributed by atoms with E-state index in [9.17, 15) is 41.1 Å². The summed E-state index contributed by atoms with van der Waals surface area (Å²) < 4.78 is 68.5. The predicted octanol–water partition coefficient (Wildman–Crippen LogP) is 2.45. The molecule has 3 rings (SSSR count). The molecule has 1 aliphatic carbocycles. The minimum Gasteiger partial charge on any atom is -0.449 e. The number of hydrogen-bond acceptors (Lipinski definition) is 5. The fourth-order valence-corrected chi connectivity index (χ4v) is 3.39. The molecule has 0 saturated heterocycles. The van der Waals surface area contributed by atoms with Crippen molar-refractivity contribution in [3.05, 3.63) is 24.3 Å². The summed E-state index contributed by atoms with van der Waals surface area (Å²) in [5, 5.41) is 3.70. The highest BCUT2D eigenvalue weighted by Gasteiger charge is 2.57. The summed E-state index contributed by atoms with van der Waals surface area (Å²) in [4.78, 5) is 52.9. The predicted molar refractivity (Wildman–Crippen MR) is 116 cm³/mol. The van der Waals surface area contributed by atoms with E-state index in [4.69, 9.17) is 4.74 Å². The minimum absolute atomic E-state index is 0.193. The largest absolute Gasteiger partial charge is 0.455 e. The first-order chi connectivity index (χ1) is 16.7. The molecule has 36 heavy (non-hydrogen) atoms. The molecule has 1 aliphatic heterocycles. The summed E-state index contributed by atoms with van der Waals surface area (Å²) in [6, 6.07) is 5.07. The fourth-order valence-electron chi connectivity index (χ4n) is 3.39. The Kier molecular flexibility index (Phi) is 7.74. The highest BCUT2D eigenvalue weighted by molar-refractivity contribution is 6.08. The Morgan fingerprint density at radius 2 is 1.69 bits per heavy atom. The summed E-state index contributed by atoms with van der Waals surface area (Å²) in [5.74, 6) is -9.79. The molecule has 2 unspecified atom stereocenters. The van der Waals surface area contributed by atoms with E-state index in [2.05, 4.69) is 5.32 Å². The average molecular weight is 520 g/mol. The lowest BCUT2D eigenvalue weighted by molar-refractivity contribution is -0.278. The van der Waals surface area contributed by atoms with E-state index in [0.717, 1.165) is 19.8 Å². The number of nitrogens with zero attached hydrogens (tertiary/aromatic N) is 2. The third kappa shape index (κ3) is 6.02. The summed E-state index contributed by atoms with van der Waals surface area (Å²) in [7, 11) is 1.41. The number of para-hydroxylation sites is 2. The van der Waals surface area contributed by atoms with E-state index in [0.29, 0.717) is 11.4 Å². The first-order valence-corrected chi connectivity index (χ1v) is 11.1. The van der Waals surface area contributed by atoms with Crippen LogP contribution in [0.15, 0.2) is 24.3 Å². The van der Waals surface area contributed by atoms with E-state index in [1.165, 1.54) is 22.2 Å². The number of halogens is 5. The third-order valence-electron chi connectivity index (χ3n) is 5.89. The second kappa shape index (κ2) is 10.3. The van der Waals surface area contributed by atoms with Gasteiger partial charge in [0.25, 0.3) is 5.91 Å². The summed E-state index contributed by atoms with van der Waals surface area (Å²) in [6.07, 6.45) is -4.77. The van der Waals surface area contributed by atoms with Crippen LogP contribution in [0.2, 0.25) is 0 Å². The molecule has 9 nitrogen and oxygen atoms in total. The normalized spacial score (nSPS) is 19.2. The molecule has 0 bridgehead atoms. The van der Waals surface area contributed by atoms with Gasteiger partial charge in [0.1, 0.15) is 12.0 Å². The Morgan fingerprint density at radius 3 is 2.28 bits per heavy atom. The number of nitrogens with one attached hydrogen (secondary N) is 2.